The van der Waals surface area contributed by atoms with Gasteiger partial charge < -0.3 is 10.5 Å². The van der Waals surface area contributed by atoms with Crippen molar-refractivity contribution in [3.05, 3.63) is 33.8 Å². The van der Waals surface area contributed by atoms with Gasteiger partial charge in [0.25, 0.3) is 0 Å². The van der Waals surface area contributed by atoms with E-state index in [1.165, 1.54) is 0 Å². The molecule has 0 heterocycles. The highest BCUT2D eigenvalue weighted by atomic mass is 35.5. The van der Waals surface area contributed by atoms with Crippen LogP contribution in [0.15, 0.2) is 18.2 Å². The molecule has 0 bridgehead atoms. The second-order valence-electron chi connectivity index (χ2n) is 4.66. The first kappa shape index (κ1) is 15.8. The van der Waals surface area contributed by atoms with Gasteiger partial charge in [0.2, 0.25) is 0 Å². The Kier molecular flexibility index (Phi) is 5.93. The summed E-state index contributed by atoms with van der Waals surface area (Å²) in [7, 11) is 0. The molecule has 2 nitrogen and oxygen atoms in total. The predicted octanol–water partition coefficient (Wildman–Crippen LogP) is 4.07. The van der Waals surface area contributed by atoms with Gasteiger partial charge >= 0.3 is 0 Å². The summed E-state index contributed by atoms with van der Waals surface area (Å²) in [5.74, 6) is 0. The van der Waals surface area contributed by atoms with Gasteiger partial charge in [0, 0.05) is 12.6 Å². The van der Waals surface area contributed by atoms with Crippen LogP contribution in [0.2, 0.25) is 10.0 Å². The van der Waals surface area contributed by atoms with Crippen molar-refractivity contribution in [2.24, 2.45) is 5.73 Å². The van der Waals surface area contributed by atoms with E-state index >= 15 is 0 Å². The summed E-state index contributed by atoms with van der Waals surface area (Å²) >= 11 is 11.9. The van der Waals surface area contributed by atoms with Gasteiger partial charge in [0.1, 0.15) is 0 Å². The first-order chi connectivity index (χ1) is 8.42. The molecule has 102 valence electrons. The van der Waals surface area contributed by atoms with E-state index in [-0.39, 0.29) is 11.6 Å². The number of rotatable bonds is 6. The Balaban J connectivity index is 2.79. The molecule has 1 rings (SSSR count). The van der Waals surface area contributed by atoms with Crippen molar-refractivity contribution in [3.8, 4) is 0 Å². The average molecular weight is 290 g/mol. The minimum absolute atomic E-state index is 0.0697. The van der Waals surface area contributed by atoms with E-state index in [9.17, 15) is 0 Å². The minimum atomic E-state index is -0.305. The Hall–Kier alpha value is -0.280. The summed E-state index contributed by atoms with van der Waals surface area (Å²) in [4.78, 5) is 0. The second kappa shape index (κ2) is 6.76. The molecular weight excluding hydrogens is 269 g/mol. The lowest BCUT2D eigenvalue weighted by Gasteiger charge is -2.34. The summed E-state index contributed by atoms with van der Waals surface area (Å²) in [6, 6.07) is 5.55. The Bertz CT molecular complexity index is 397. The van der Waals surface area contributed by atoms with Gasteiger partial charge in [-0.05, 0) is 44.4 Å². The molecule has 0 saturated heterocycles. The van der Waals surface area contributed by atoms with Crippen LogP contribution in [0.3, 0.4) is 0 Å². The van der Waals surface area contributed by atoms with Crippen LogP contribution >= 0.6 is 23.2 Å². The van der Waals surface area contributed by atoms with Crippen molar-refractivity contribution in [2.45, 2.75) is 45.3 Å². The molecule has 1 aromatic carbocycles. The van der Waals surface area contributed by atoms with Crippen LogP contribution in [-0.4, -0.2) is 18.2 Å². The Labute approximate surface area is 119 Å². The number of hydrogen-bond donors (Lipinski definition) is 1. The molecule has 0 aliphatic heterocycles. The number of halogens is 2. The van der Waals surface area contributed by atoms with E-state index in [0.717, 1.165) is 18.4 Å². The third kappa shape index (κ3) is 3.86. The molecule has 0 radical (unpaired) electrons. The van der Waals surface area contributed by atoms with E-state index in [1.807, 2.05) is 19.1 Å². The lowest BCUT2D eigenvalue weighted by atomic mass is 9.89. The Morgan fingerprint density at radius 1 is 1.28 bits per heavy atom. The third-order valence-electron chi connectivity index (χ3n) is 3.40. The summed E-state index contributed by atoms with van der Waals surface area (Å²) in [5, 5.41) is 1.13. The summed E-state index contributed by atoms with van der Waals surface area (Å²) in [6.07, 6.45) is 1.60. The zero-order chi connectivity index (χ0) is 13.8. The zero-order valence-electron chi connectivity index (χ0n) is 11.2. The van der Waals surface area contributed by atoms with Crippen molar-refractivity contribution in [1.82, 2.24) is 0 Å². The number of ether oxygens (including phenoxy) is 1. The van der Waals surface area contributed by atoms with Crippen LogP contribution in [0.25, 0.3) is 0 Å². The van der Waals surface area contributed by atoms with Gasteiger partial charge in [-0.2, -0.15) is 0 Å². The fraction of sp³-hybridized carbons (Fsp3) is 0.571. The second-order valence-corrected chi connectivity index (χ2v) is 5.47. The van der Waals surface area contributed by atoms with Gasteiger partial charge in [-0.15, -0.1) is 0 Å². The number of hydrogen-bond acceptors (Lipinski definition) is 2. The number of nitrogens with two attached hydrogens (primary N) is 1. The lowest BCUT2D eigenvalue weighted by Crippen LogP contribution is -2.48. The van der Waals surface area contributed by atoms with Crippen molar-refractivity contribution in [2.75, 3.05) is 6.61 Å². The maximum absolute atomic E-state index is 6.27. The topological polar surface area (TPSA) is 35.2 Å². The first-order valence-corrected chi connectivity index (χ1v) is 7.02. The van der Waals surface area contributed by atoms with Gasteiger partial charge in [0.15, 0.2) is 0 Å². The molecule has 0 aliphatic rings. The fourth-order valence-electron chi connectivity index (χ4n) is 1.94. The molecule has 2 N–H and O–H groups in total. The van der Waals surface area contributed by atoms with Crippen molar-refractivity contribution >= 4 is 23.2 Å². The standard InChI is InChI=1S/C14H21Cl2NO/c1-4-14(3,18-5-2)13(17)9-10-6-7-11(15)12(16)8-10/h6-8,13H,4-5,9,17H2,1-3H3. The van der Waals surface area contributed by atoms with E-state index < -0.39 is 0 Å². The molecule has 1 aromatic rings. The largest absolute Gasteiger partial charge is 0.374 e. The highest BCUT2D eigenvalue weighted by molar-refractivity contribution is 6.42. The first-order valence-electron chi connectivity index (χ1n) is 6.26. The van der Waals surface area contributed by atoms with Crippen molar-refractivity contribution < 1.29 is 4.74 Å². The van der Waals surface area contributed by atoms with Crippen molar-refractivity contribution in [1.29, 1.82) is 0 Å². The zero-order valence-corrected chi connectivity index (χ0v) is 12.7. The maximum atomic E-state index is 6.27. The molecule has 0 spiro atoms. The normalized spacial score (nSPS) is 16.3. The average Bonchev–Trinajstić information content (AvgIpc) is 2.34. The smallest absolute Gasteiger partial charge is 0.0805 e. The summed E-state index contributed by atoms with van der Waals surface area (Å²) in [6.45, 7) is 6.79. The van der Waals surface area contributed by atoms with E-state index in [0.29, 0.717) is 16.7 Å². The monoisotopic (exact) mass is 289 g/mol. The third-order valence-corrected chi connectivity index (χ3v) is 4.14. The highest BCUT2D eigenvalue weighted by Crippen LogP contribution is 2.26. The van der Waals surface area contributed by atoms with Gasteiger partial charge in [0.05, 0.1) is 15.6 Å². The molecule has 4 heteroatoms. The molecule has 2 atom stereocenters. The van der Waals surface area contributed by atoms with E-state index in [4.69, 9.17) is 33.7 Å². The number of benzene rings is 1. The van der Waals surface area contributed by atoms with Crippen LogP contribution < -0.4 is 5.73 Å². The van der Waals surface area contributed by atoms with E-state index in [1.54, 1.807) is 6.07 Å². The van der Waals surface area contributed by atoms with Crippen molar-refractivity contribution in [3.63, 3.8) is 0 Å². The molecule has 0 fully saturated rings. The summed E-state index contributed by atoms with van der Waals surface area (Å²) < 4.78 is 5.78. The SMILES string of the molecule is CCOC(C)(CC)C(N)Cc1ccc(Cl)c(Cl)c1. The lowest BCUT2D eigenvalue weighted by molar-refractivity contribution is -0.0461. The molecule has 0 aliphatic carbocycles. The Morgan fingerprint density at radius 3 is 2.44 bits per heavy atom. The van der Waals surface area contributed by atoms with Crippen LogP contribution in [0.5, 0.6) is 0 Å². The van der Waals surface area contributed by atoms with Gasteiger partial charge in [-0.25, -0.2) is 0 Å². The molecule has 0 aromatic heterocycles. The van der Waals surface area contributed by atoms with Crippen LogP contribution in [0, 0.1) is 0 Å². The highest BCUT2D eigenvalue weighted by Gasteiger charge is 2.30. The molecular formula is C14H21Cl2NO. The molecule has 0 amide bonds. The molecule has 2 unspecified atom stereocenters. The summed E-state index contributed by atoms with van der Waals surface area (Å²) in [5.41, 5.74) is 7.04. The minimum Gasteiger partial charge on any atom is -0.374 e. The van der Waals surface area contributed by atoms with Crippen LogP contribution in [0.1, 0.15) is 32.8 Å². The molecule has 18 heavy (non-hydrogen) atoms. The van der Waals surface area contributed by atoms with E-state index in [2.05, 4.69) is 13.8 Å². The fourth-order valence-corrected chi connectivity index (χ4v) is 2.26. The van der Waals surface area contributed by atoms with Gasteiger partial charge in [-0.3, -0.25) is 0 Å². The van der Waals surface area contributed by atoms with Gasteiger partial charge in [-0.1, -0.05) is 36.2 Å². The van der Waals surface area contributed by atoms with Crippen LogP contribution in [-0.2, 0) is 11.2 Å². The Morgan fingerprint density at radius 2 is 1.94 bits per heavy atom. The maximum Gasteiger partial charge on any atom is 0.0805 e. The van der Waals surface area contributed by atoms with Crippen LogP contribution in [0.4, 0.5) is 0 Å². The predicted molar refractivity (Wildman–Crippen MR) is 78.5 cm³/mol. The molecule has 0 saturated carbocycles. The quantitative estimate of drug-likeness (QED) is 0.857.